The zero-order chi connectivity index (χ0) is 9.26. The van der Waals surface area contributed by atoms with Gasteiger partial charge < -0.3 is 5.32 Å². The SMILES string of the molecule is C=CCNc1nc(C2CC2)c(C)s1. The number of hydrogen-bond donors (Lipinski definition) is 1. The van der Waals surface area contributed by atoms with Crippen molar-refractivity contribution in [3.8, 4) is 0 Å². The van der Waals surface area contributed by atoms with Gasteiger partial charge in [-0.3, -0.25) is 0 Å². The quantitative estimate of drug-likeness (QED) is 0.745. The Hall–Kier alpha value is -0.830. The molecule has 70 valence electrons. The molecule has 2 nitrogen and oxygen atoms in total. The Balaban J connectivity index is 2.09. The third-order valence-corrected chi connectivity index (χ3v) is 3.14. The molecule has 0 unspecified atom stereocenters. The Bertz CT molecular complexity index is 313. The Morgan fingerprint density at radius 1 is 1.69 bits per heavy atom. The van der Waals surface area contributed by atoms with Gasteiger partial charge in [-0.25, -0.2) is 4.98 Å². The molecule has 0 radical (unpaired) electrons. The van der Waals surface area contributed by atoms with E-state index in [1.807, 2.05) is 6.08 Å². The highest BCUT2D eigenvalue weighted by molar-refractivity contribution is 7.15. The highest BCUT2D eigenvalue weighted by atomic mass is 32.1. The van der Waals surface area contributed by atoms with Crippen LogP contribution in [0.25, 0.3) is 0 Å². The van der Waals surface area contributed by atoms with Crippen molar-refractivity contribution >= 4 is 16.5 Å². The molecule has 2 rings (SSSR count). The summed E-state index contributed by atoms with van der Waals surface area (Å²) in [6.07, 6.45) is 4.50. The largest absolute Gasteiger partial charge is 0.358 e. The molecule has 1 aromatic heterocycles. The summed E-state index contributed by atoms with van der Waals surface area (Å²) in [6.45, 7) is 6.63. The Labute approximate surface area is 82.7 Å². The zero-order valence-electron chi connectivity index (χ0n) is 7.84. The summed E-state index contributed by atoms with van der Waals surface area (Å²) in [5, 5.41) is 4.27. The smallest absolute Gasteiger partial charge is 0.183 e. The fourth-order valence-electron chi connectivity index (χ4n) is 1.38. The van der Waals surface area contributed by atoms with Crippen LogP contribution in [0.4, 0.5) is 5.13 Å². The van der Waals surface area contributed by atoms with Crippen LogP contribution in [-0.2, 0) is 0 Å². The summed E-state index contributed by atoms with van der Waals surface area (Å²) in [5.74, 6) is 0.760. The van der Waals surface area contributed by atoms with E-state index in [-0.39, 0.29) is 0 Å². The number of aryl methyl sites for hydroxylation is 1. The van der Waals surface area contributed by atoms with Crippen molar-refractivity contribution in [3.05, 3.63) is 23.2 Å². The fourth-order valence-corrected chi connectivity index (χ4v) is 2.29. The predicted molar refractivity (Wildman–Crippen MR) is 57.5 cm³/mol. The van der Waals surface area contributed by atoms with E-state index in [2.05, 4.69) is 23.8 Å². The highest BCUT2D eigenvalue weighted by Crippen LogP contribution is 2.43. The minimum absolute atomic E-state index is 0.760. The monoisotopic (exact) mass is 194 g/mol. The minimum atomic E-state index is 0.760. The van der Waals surface area contributed by atoms with E-state index in [9.17, 15) is 0 Å². The third kappa shape index (κ3) is 1.91. The summed E-state index contributed by atoms with van der Waals surface area (Å²) in [4.78, 5) is 5.94. The van der Waals surface area contributed by atoms with E-state index in [4.69, 9.17) is 0 Å². The molecule has 1 fully saturated rings. The van der Waals surface area contributed by atoms with Gasteiger partial charge >= 0.3 is 0 Å². The lowest BCUT2D eigenvalue weighted by molar-refractivity contribution is 1.03. The average molecular weight is 194 g/mol. The number of nitrogens with one attached hydrogen (secondary N) is 1. The summed E-state index contributed by atoms with van der Waals surface area (Å²) in [6, 6.07) is 0. The Morgan fingerprint density at radius 3 is 3.08 bits per heavy atom. The Kier molecular flexibility index (Phi) is 2.36. The van der Waals surface area contributed by atoms with Crippen LogP contribution < -0.4 is 5.32 Å². The summed E-state index contributed by atoms with van der Waals surface area (Å²) >= 11 is 1.75. The molecule has 0 saturated heterocycles. The number of thiazole rings is 1. The van der Waals surface area contributed by atoms with E-state index in [0.717, 1.165) is 17.6 Å². The van der Waals surface area contributed by atoms with E-state index in [1.165, 1.54) is 23.4 Å². The molecule has 0 bridgehead atoms. The maximum absolute atomic E-state index is 4.57. The van der Waals surface area contributed by atoms with Gasteiger partial charge in [0, 0.05) is 17.3 Å². The van der Waals surface area contributed by atoms with Crippen LogP contribution in [0.3, 0.4) is 0 Å². The van der Waals surface area contributed by atoms with Crippen LogP contribution in [0.1, 0.15) is 29.3 Å². The molecule has 13 heavy (non-hydrogen) atoms. The maximum atomic E-state index is 4.57. The van der Waals surface area contributed by atoms with Gasteiger partial charge in [0.25, 0.3) is 0 Å². The fraction of sp³-hybridized carbons (Fsp3) is 0.500. The normalized spacial score (nSPS) is 15.8. The first-order chi connectivity index (χ1) is 6.31. The van der Waals surface area contributed by atoms with Crippen molar-refractivity contribution in [2.75, 3.05) is 11.9 Å². The van der Waals surface area contributed by atoms with Crippen LogP contribution in [0, 0.1) is 6.92 Å². The van der Waals surface area contributed by atoms with Crippen molar-refractivity contribution in [1.29, 1.82) is 0 Å². The van der Waals surface area contributed by atoms with E-state index >= 15 is 0 Å². The number of aromatic nitrogens is 1. The number of hydrogen-bond acceptors (Lipinski definition) is 3. The molecular formula is C10H14N2S. The van der Waals surface area contributed by atoms with Gasteiger partial charge in [-0.2, -0.15) is 0 Å². The summed E-state index contributed by atoms with van der Waals surface area (Å²) < 4.78 is 0. The van der Waals surface area contributed by atoms with Crippen molar-refractivity contribution in [2.24, 2.45) is 0 Å². The number of nitrogens with zero attached hydrogens (tertiary/aromatic N) is 1. The minimum Gasteiger partial charge on any atom is -0.358 e. The molecule has 0 aliphatic heterocycles. The van der Waals surface area contributed by atoms with Gasteiger partial charge in [0.05, 0.1) is 5.69 Å². The van der Waals surface area contributed by atoms with Gasteiger partial charge in [0.1, 0.15) is 0 Å². The van der Waals surface area contributed by atoms with Gasteiger partial charge in [0.2, 0.25) is 0 Å². The molecule has 1 aliphatic rings. The van der Waals surface area contributed by atoms with Crippen molar-refractivity contribution in [1.82, 2.24) is 4.98 Å². The Morgan fingerprint density at radius 2 is 2.46 bits per heavy atom. The highest BCUT2D eigenvalue weighted by Gasteiger charge is 2.28. The van der Waals surface area contributed by atoms with Gasteiger partial charge in [-0.15, -0.1) is 17.9 Å². The number of rotatable bonds is 4. The van der Waals surface area contributed by atoms with Crippen molar-refractivity contribution in [3.63, 3.8) is 0 Å². The summed E-state index contributed by atoms with van der Waals surface area (Å²) in [5.41, 5.74) is 1.32. The first-order valence-electron chi connectivity index (χ1n) is 4.63. The molecule has 3 heteroatoms. The van der Waals surface area contributed by atoms with Crippen LogP contribution in [0.15, 0.2) is 12.7 Å². The molecule has 1 saturated carbocycles. The molecule has 0 aromatic carbocycles. The molecule has 1 aromatic rings. The number of anilines is 1. The first-order valence-corrected chi connectivity index (χ1v) is 5.45. The van der Waals surface area contributed by atoms with Crippen molar-refractivity contribution < 1.29 is 0 Å². The lowest BCUT2D eigenvalue weighted by atomic mass is 10.3. The molecule has 1 heterocycles. The molecule has 1 N–H and O–H groups in total. The maximum Gasteiger partial charge on any atom is 0.183 e. The topological polar surface area (TPSA) is 24.9 Å². The lowest BCUT2D eigenvalue weighted by Crippen LogP contribution is -1.96. The second kappa shape index (κ2) is 3.50. The average Bonchev–Trinajstić information content (AvgIpc) is 2.88. The van der Waals surface area contributed by atoms with Gasteiger partial charge in [-0.05, 0) is 19.8 Å². The van der Waals surface area contributed by atoms with Crippen LogP contribution in [0.2, 0.25) is 0 Å². The van der Waals surface area contributed by atoms with E-state index in [0.29, 0.717) is 0 Å². The van der Waals surface area contributed by atoms with Gasteiger partial charge in [-0.1, -0.05) is 6.08 Å². The first kappa shape index (κ1) is 8.75. The van der Waals surface area contributed by atoms with Crippen LogP contribution in [0.5, 0.6) is 0 Å². The molecule has 0 amide bonds. The van der Waals surface area contributed by atoms with Crippen LogP contribution >= 0.6 is 11.3 Å². The molecule has 1 aliphatic carbocycles. The molecule has 0 spiro atoms. The van der Waals surface area contributed by atoms with E-state index < -0.39 is 0 Å². The van der Waals surface area contributed by atoms with E-state index in [1.54, 1.807) is 11.3 Å². The zero-order valence-corrected chi connectivity index (χ0v) is 8.66. The third-order valence-electron chi connectivity index (χ3n) is 2.19. The lowest BCUT2D eigenvalue weighted by Gasteiger charge is -1.94. The second-order valence-electron chi connectivity index (χ2n) is 3.40. The molecular weight excluding hydrogens is 180 g/mol. The van der Waals surface area contributed by atoms with Crippen molar-refractivity contribution in [2.45, 2.75) is 25.7 Å². The summed E-state index contributed by atoms with van der Waals surface area (Å²) in [7, 11) is 0. The standard InChI is InChI=1S/C10H14N2S/c1-3-6-11-10-12-9(7(2)13-10)8-4-5-8/h3,8H,1,4-6H2,2H3,(H,11,12). The van der Waals surface area contributed by atoms with Crippen LogP contribution in [-0.4, -0.2) is 11.5 Å². The molecule has 0 atom stereocenters. The van der Waals surface area contributed by atoms with Gasteiger partial charge in [0.15, 0.2) is 5.13 Å². The second-order valence-corrected chi connectivity index (χ2v) is 4.61. The predicted octanol–water partition coefficient (Wildman–Crippen LogP) is 2.93.